The predicted molar refractivity (Wildman–Crippen MR) is 83.4 cm³/mol. The van der Waals surface area contributed by atoms with Crippen molar-refractivity contribution in [2.75, 3.05) is 26.7 Å². The summed E-state index contributed by atoms with van der Waals surface area (Å²) in [5.41, 5.74) is 0. The lowest BCUT2D eigenvalue weighted by Crippen LogP contribution is -2.31. The number of nitrogens with one attached hydrogen (secondary N) is 2. The highest BCUT2D eigenvalue weighted by Crippen LogP contribution is 2.31. The maximum Gasteiger partial charge on any atom is 0.244 e. The van der Waals surface area contributed by atoms with E-state index in [1.165, 1.54) is 12.5 Å². The summed E-state index contributed by atoms with van der Waals surface area (Å²) in [4.78, 5) is 0.102. The van der Waals surface area contributed by atoms with Crippen molar-refractivity contribution in [3.05, 3.63) is 23.2 Å². The Morgan fingerprint density at radius 2 is 2.10 bits per heavy atom. The molecule has 118 valence electrons. The topological polar surface area (TPSA) is 67.4 Å². The van der Waals surface area contributed by atoms with E-state index in [4.69, 9.17) is 16.3 Å². The van der Waals surface area contributed by atoms with E-state index in [1.807, 2.05) is 0 Å². The molecule has 7 heteroatoms. The fraction of sp³-hybridized carbons (Fsp3) is 0.571. The van der Waals surface area contributed by atoms with Crippen LogP contribution in [0.25, 0.3) is 0 Å². The molecular formula is C14H21ClN2O3S. The van der Waals surface area contributed by atoms with Gasteiger partial charge in [-0.3, -0.25) is 0 Å². The summed E-state index contributed by atoms with van der Waals surface area (Å²) in [5.74, 6) is 0.900. The Morgan fingerprint density at radius 1 is 1.33 bits per heavy atom. The van der Waals surface area contributed by atoms with Gasteiger partial charge in [-0.15, -0.1) is 0 Å². The predicted octanol–water partition coefficient (Wildman–Crippen LogP) is 2.02. The summed E-state index contributed by atoms with van der Waals surface area (Å²) >= 11 is 5.93. The van der Waals surface area contributed by atoms with Crippen LogP contribution in [0.2, 0.25) is 5.02 Å². The maximum atomic E-state index is 12.3. The Labute approximate surface area is 131 Å². The summed E-state index contributed by atoms with van der Waals surface area (Å²) in [6.07, 6.45) is 3.53. The van der Waals surface area contributed by atoms with Crippen molar-refractivity contribution in [2.24, 2.45) is 5.92 Å². The van der Waals surface area contributed by atoms with E-state index < -0.39 is 10.0 Å². The second kappa shape index (κ2) is 7.45. The quantitative estimate of drug-likeness (QED) is 0.715. The summed E-state index contributed by atoms with van der Waals surface area (Å²) in [5, 5.41) is 3.26. The number of likely N-dealkylation sites (N-methyl/N-ethyl adjacent to an activating group) is 1. The summed E-state index contributed by atoms with van der Waals surface area (Å²) in [7, 11) is -1.86. The van der Waals surface area contributed by atoms with Gasteiger partial charge in [0.25, 0.3) is 0 Å². The Morgan fingerprint density at radius 3 is 2.71 bits per heavy atom. The van der Waals surface area contributed by atoms with Crippen molar-refractivity contribution in [3.63, 3.8) is 0 Å². The third kappa shape index (κ3) is 4.57. The van der Waals surface area contributed by atoms with Crippen molar-refractivity contribution in [2.45, 2.75) is 24.2 Å². The number of benzene rings is 1. The molecule has 0 amide bonds. The zero-order chi connectivity index (χ0) is 15.3. The van der Waals surface area contributed by atoms with Crippen LogP contribution in [-0.2, 0) is 10.0 Å². The zero-order valence-corrected chi connectivity index (χ0v) is 13.6. The second-order valence-electron chi connectivity index (χ2n) is 5.20. The molecule has 0 aromatic heterocycles. The SMILES string of the molecule is CNCCNS(=O)(=O)c1cc(Cl)ccc1OCC1CCC1. The number of hydrogen-bond donors (Lipinski definition) is 2. The van der Waals surface area contributed by atoms with Crippen LogP contribution in [0, 0.1) is 5.92 Å². The van der Waals surface area contributed by atoms with Crippen molar-refractivity contribution < 1.29 is 13.2 Å². The molecule has 0 aliphatic heterocycles. The lowest BCUT2D eigenvalue weighted by atomic mass is 9.86. The largest absolute Gasteiger partial charge is 0.492 e. The Kier molecular flexibility index (Phi) is 5.87. The van der Waals surface area contributed by atoms with Crippen LogP contribution in [-0.4, -0.2) is 35.2 Å². The van der Waals surface area contributed by atoms with Crippen LogP contribution in [0.5, 0.6) is 5.75 Å². The summed E-state index contributed by atoms with van der Waals surface area (Å²) < 4.78 is 32.9. The first-order valence-electron chi connectivity index (χ1n) is 7.09. The monoisotopic (exact) mass is 332 g/mol. The van der Waals surface area contributed by atoms with E-state index in [0.29, 0.717) is 36.4 Å². The van der Waals surface area contributed by atoms with E-state index >= 15 is 0 Å². The van der Waals surface area contributed by atoms with Gasteiger partial charge in [0.05, 0.1) is 6.61 Å². The highest BCUT2D eigenvalue weighted by atomic mass is 35.5. The third-order valence-corrected chi connectivity index (χ3v) is 5.28. The lowest BCUT2D eigenvalue weighted by molar-refractivity contribution is 0.177. The van der Waals surface area contributed by atoms with E-state index in [2.05, 4.69) is 10.0 Å². The standard InChI is InChI=1S/C14H21ClN2O3S/c1-16-7-8-17-21(18,19)14-9-12(15)5-6-13(14)20-10-11-3-2-4-11/h5-6,9,11,16-17H,2-4,7-8,10H2,1H3. The van der Waals surface area contributed by atoms with Crippen LogP contribution in [0.1, 0.15) is 19.3 Å². The number of halogens is 1. The van der Waals surface area contributed by atoms with Gasteiger partial charge in [-0.1, -0.05) is 18.0 Å². The van der Waals surface area contributed by atoms with E-state index in [1.54, 1.807) is 19.2 Å². The molecule has 0 bridgehead atoms. The van der Waals surface area contributed by atoms with Crippen LogP contribution in [0.3, 0.4) is 0 Å². The van der Waals surface area contributed by atoms with Crippen molar-refractivity contribution in [1.82, 2.24) is 10.0 Å². The molecule has 1 aliphatic carbocycles. The Balaban J connectivity index is 2.12. The average Bonchev–Trinajstić information content (AvgIpc) is 2.38. The maximum absolute atomic E-state index is 12.3. The van der Waals surface area contributed by atoms with Crippen LogP contribution in [0.15, 0.2) is 23.1 Å². The smallest absolute Gasteiger partial charge is 0.244 e. The van der Waals surface area contributed by atoms with Gasteiger partial charge >= 0.3 is 0 Å². The van der Waals surface area contributed by atoms with Gasteiger partial charge in [0.15, 0.2) is 0 Å². The van der Waals surface area contributed by atoms with Gasteiger partial charge in [0, 0.05) is 18.1 Å². The Hall–Kier alpha value is -0.820. The fourth-order valence-corrected chi connectivity index (χ4v) is 3.50. The van der Waals surface area contributed by atoms with Crippen molar-refractivity contribution >= 4 is 21.6 Å². The average molecular weight is 333 g/mol. The van der Waals surface area contributed by atoms with Gasteiger partial charge in [0.1, 0.15) is 10.6 Å². The Bertz CT molecular complexity index is 574. The molecule has 0 spiro atoms. The summed E-state index contributed by atoms with van der Waals surface area (Å²) in [6.45, 7) is 1.42. The van der Waals surface area contributed by atoms with E-state index in [9.17, 15) is 8.42 Å². The van der Waals surface area contributed by atoms with Gasteiger partial charge < -0.3 is 10.1 Å². The van der Waals surface area contributed by atoms with E-state index in [0.717, 1.165) is 12.8 Å². The molecule has 1 aromatic carbocycles. The first kappa shape index (κ1) is 16.5. The third-order valence-electron chi connectivity index (χ3n) is 3.56. The molecule has 21 heavy (non-hydrogen) atoms. The minimum atomic E-state index is -3.62. The minimum absolute atomic E-state index is 0.102. The number of ether oxygens (including phenoxy) is 1. The molecule has 1 aliphatic rings. The van der Waals surface area contributed by atoms with Crippen LogP contribution in [0.4, 0.5) is 0 Å². The molecular weight excluding hydrogens is 312 g/mol. The van der Waals surface area contributed by atoms with Crippen molar-refractivity contribution in [3.8, 4) is 5.75 Å². The highest BCUT2D eigenvalue weighted by molar-refractivity contribution is 7.89. The first-order valence-corrected chi connectivity index (χ1v) is 8.95. The van der Waals surface area contributed by atoms with Gasteiger partial charge in [-0.2, -0.15) is 0 Å². The number of sulfonamides is 1. The second-order valence-corrected chi connectivity index (χ2v) is 7.37. The minimum Gasteiger partial charge on any atom is -0.492 e. The number of hydrogen-bond acceptors (Lipinski definition) is 4. The molecule has 2 rings (SSSR count). The molecule has 2 N–H and O–H groups in total. The van der Waals surface area contributed by atoms with Crippen LogP contribution >= 0.6 is 11.6 Å². The van der Waals surface area contributed by atoms with Crippen LogP contribution < -0.4 is 14.8 Å². The fourth-order valence-electron chi connectivity index (χ4n) is 2.07. The molecule has 0 saturated heterocycles. The molecule has 0 atom stereocenters. The molecule has 0 radical (unpaired) electrons. The lowest BCUT2D eigenvalue weighted by Gasteiger charge is -2.25. The van der Waals surface area contributed by atoms with Crippen molar-refractivity contribution in [1.29, 1.82) is 0 Å². The van der Waals surface area contributed by atoms with E-state index in [-0.39, 0.29) is 4.90 Å². The van der Waals surface area contributed by atoms with Gasteiger partial charge in [-0.05, 0) is 44.0 Å². The van der Waals surface area contributed by atoms with Gasteiger partial charge in [0.2, 0.25) is 10.0 Å². The zero-order valence-electron chi connectivity index (χ0n) is 12.1. The molecule has 1 fully saturated rings. The normalized spacial score (nSPS) is 15.7. The molecule has 1 aromatic rings. The molecule has 0 unspecified atom stereocenters. The molecule has 0 heterocycles. The van der Waals surface area contributed by atoms with Gasteiger partial charge in [-0.25, -0.2) is 13.1 Å². The molecule has 1 saturated carbocycles. The molecule has 5 nitrogen and oxygen atoms in total. The number of rotatable bonds is 8. The summed E-state index contributed by atoms with van der Waals surface area (Å²) in [6, 6.07) is 4.69. The highest BCUT2D eigenvalue weighted by Gasteiger charge is 2.22. The first-order chi connectivity index (χ1) is 10.0.